The molecule has 2 heteroatoms. The van der Waals surface area contributed by atoms with Crippen molar-refractivity contribution < 1.29 is 9.84 Å². The van der Waals surface area contributed by atoms with E-state index in [2.05, 4.69) is 20.8 Å². The summed E-state index contributed by atoms with van der Waals surface area (Å²) < 4.78 is 5.81. The molecular formula is C14H26O2. The van der Waals surface area contributed by atoms with E-state index in [1.807, 2.05) is 0 Å². The summed E-state index contributed by atoms with van der Waals surface area (Å²) in [6.07, 6.45) is 6.74. The molecule has 0 aromatic rings. The highest BCUT2D eigenvalue weighted by Crippen LogP contribution is 2.38. The Balaban J connectivity index is 1.90. The molecule has 2 rings (SSSR count). The second kappa shape index (κ2) is 5.05. The molecule has 0 amide bonds. The van der Waals surface area contributed by atoms with Gasteiger partial charge in [0, 0.05) is 5.92 Å². The van der Waals surface area contributed by atoms with Gasteiger partial charge in [-0.15, -0.1) is 0 Å². The molecule has 16 heavy (non-hydrogen) atoms. The Labute approximate surface area is 99.4 Å². The maximum atomic E-state index is 10.4. The van der Waals surface area contributed by atoms with Crippen molar-refractivity contribution in [3.63, 3.8) is 0 Å². The third kappa shape index (κ3) is 2.43. The number of rotatable bonds is 3. The number of ether oxygens (including phenoxy) is 1. The van der Waals surface area contributed by atoms with Crippen molar-refractivity contribution >= 4 is 0 Å². The van der Waals surface area contributed by atoms with Crippen LogP contribution in [0.25, 0.3) is 0 Å². The van der Waals surface area contributed by atoms with Crippen LogP contribution in [0.15, 0.2) is 0 Å². The van der Waals surface area contributed by atoms with Crippen LogP contribution in [-0.4, -0.2) is 23.4 Å². The number of aliphatic hydroxyl groups excluding tert-OH is 1. The SMILES string of the molecule is CC1OC(C)C(C(O)CC2CCCC2)C1C. The second-order valence-electron chi connectivity index (χ2n) is 5.94. The van der Waals surface area contributed by atoms with Crippen LogP contribution in [-0.2, 0) is 4.74 Å². The highest BCUT2D eigenvalue weighted by molar-refractivity contribution is 4.89. The molecule has 2 fully saturated rings. The van der Waals surface area contributed by atoms with Gasteiger partial charge in [0.1, 0.15) is 0 Å². The quantitative estimate of drug-likeness (QED) is 0.801. The van der Waals surface area contributed by atoms with E-state index in [-0.39, 0.29) is 12.2 Å². The number of hydrogen-bond donors (Lipinski definition) is 1. The van der Waals surface area contributed by atoms with Crippen LogP contribution in [0.3, 0.4) is 0 Å². The Hall–Kier alpha value is -0.0800. The molecule has 0 bridgehead atoms. The van der Waals surface area contributed by atoms with Crippen molar-refractivity contribution in [3.8, 4) is 0 Å². The Morgan fingerprint density at radius 2 is 1.75 bits per heavy atom. The lowest BCUT2D eigenvalue weighted by Gasteiger charge is -2.26. The molecule has 1 saturated heterocycles. The van der Waals surface area contributed by atoms with E-state index in [1.54, 1.807) is 0 Å². The third-order valence-electron chi connectivity index (χ3n) is 4.81. The molecule has 1 saturated carbocycles. The lowest BCUT2D eigenvalue weighted by molar-refractivity contribution is 0.0155. The molecular weight excluding hydrogens is 200 g/mol. The predicted molar refractivity (Wildman–Crippen MR) is 65.2 cm³/mol. The van der Waals surface area contributed by atoms with E-state index >= 15 is 0 Å². The molecule has 2 aliphatic rings. The first-order valence-electron chi connectivity index (χ1n) is 6.93. The van der Waals surface area contributed by atoms with Crippen LogP contribution in [0.4, 0.5) is 0 Å². The number of hydrogen-bond acceptors (Lipinski definition) is 2. The van der Waals surface area contributed by atoms with Gasteiger partial charge in [-0.1, -0.05) is 32.6 Å². The van der Waals surface area contributed by atoms with Crippen molar-refractivity contribution in [2.45, 2.75) is 71.2 Å². The van der Waals surface area contributed by atoms with E-state index in [1.165, 1.54) is 25.7 Å². The standard InChI is InChI=1S/C14H26O2/c1-9-10(2)16-11(3)14(9)13(15)8-12-6-4-5-7-12/h9-15H,4-8H2,1-3H3. The van der Waals surface area contributed by atoms with Crippen LogP contribution >= 0.6 is 0 Å². The summed E-state index contributed by atoms with van der Waals surface area (Å²) in [6, 6.07) is 0. The fourth-order valence-electron chi connectivity index (χ4n) is 3.70. The zero-order valence-electron chi connectivity index (χ0n) is 10.9. The molecule has 5 unspecified atom stereocenters. The first kappa shape index (κ1) is 12.4. The van der Waals surface area contributed by atoms with Gasteiger partial charge in [-0.3, -0.25) is 0 Å². The highest BCUT2D eigenvalue weighted by atomic mass is 16.5. The Morgan fingerprint density at radius 1 is 1.12 bits per heavy atom. The van der Waals surface area contributed by atoms with Crippen molar-refractivity contribution in [2.75, 3.05) is 0 Å². The van der Waals surface area contributed by atoms with Gasteiger partial charge in [0.15, 0.2) is 0 Å². The zero-order chi connectivity index (χ0) is 11.7. The van der Waals surface area contributed by atoms with E-state index in [0.717, 1.165) is 12.3 Å². The second-order valence-corrected chi connectivity index (χ2v) is 5.94. The van der Waals surface area contributed by atoms with Crippen LogP contribution in [0, 0.1) is 17.8 Å². The highest BCUT2D eigenvalue weighted by Gasteiger charge is 2.41. The van der Waals surface area contributed by atoms with Crippen molar-refractivity contribution in [3.05, 3.63) is 0 Å². The third-order valence-corrected chi connectivity index (χ3v) is 4.81. The molecule has 1 aliphatic carbocycles. The van der Waals surface area contributed by atoms with E-state index in [0.29, 0.717) is 17.9 Å². The number of aliphatic hydroxyl groups is 1. The molecule has 0 radical (unpaired) electrons. The zero-order valence-corrected chi connectivity index (χ0v) is 10.9. The Bertz CT molecular complexity index is 223. The molecule has 0 aromatic carbocycles. The summed E-state index contributed by atoms with van der Waals surface area (Å²) in [5.74, 6) is 1.60. The molecule has 1 N–H and O–H groups in total. The van der Waals surface area contributed by atoms with Gasteiger partial charge in [0.05, 0.1) is 18.3 Å². The fraction of sp³-hybridized carbons (Fsp3) is 1.00. The van der Waals surface area contributed by atoms with Crippen LogP contribution < -0.4 is 0 Å². The van der Waals surface area contributed by atoms with Gasteiger partial charge < -0.3 is 9.84 Å². The van der Waals surface area contributed by atoms with Crippen molar-refractivity contribution in [1.82, 2.24) is 0 Å². The lowest BCUT2D eigenvalue weighted by Crippen LogP contribution is -2.32. The van der Waals surface area contributed by atoms with Crippen LogP contribution in [0.2, 0.25) is 0 Å². The molecule has 94 valence electrons. The summed E-state index contributed by atoms with van der Waals surface area (Å²) in [5.41, 5.74) is 0. The minimum atomic E-state index is -0.155. The molecule has 0 spiro atoms. The molecule has 5 atom stereocenters. The topological polar surface area (TPSA) is 29.5 Å². The van der Waals surface area contributed by atoms with Crippen LogP contribution in [0.5, 0.6) is 0 Å². The summed E-state index contributed by atoms with van der Waals surface area (Å²) in [7, 11) is 0. The minimum absolute atomic E-state index is 0.155. The Morgan fingerprint density at radius 3 is 2.25 bits per heavy atom. The van der Waals surface area contributed by atoms with Gasteiger partial charge in [-0.25, -0.2) is 0 Å². The maximum Gasteiger partial charge on any atom is 0.0607 e. The average molecular weight is 226 g/mol. The van der Waals surface area contributed by atoms with Gasteiger partial charge in [-0.05, 0) is 32.1 Å². The molecule has 1 heterocycles. The van der Waals surface area contributed by atoms with Gasteiger partial charge in [0.2, 0.25) is 0 Å². The largest absolute Gasteiger partial charge is 0.393 e. The minimum Gasteiger partial charge on any atom is -0.393 e. The Kier molecular flexibility index (Phi) is 3.91. The normalized spacial score (nSPS) is 42.8. The first-order valence-corrected chi connectivity index (χ1v) is 6.93. The van der Waals surface area contributed by atoms with E-state index < -0.39 is 0 Å². The summed E-state index contributed by atoms with van der Waals surface area (Å²) >= 11 is 0. The van der Waals surface area contributed by atoms with Gasteiger partial charge in [-0.2, -0.15) is 0 Å². The summed E-state index contributed by atoms with van der Waals surface area (Å²) in [5, 5.41) is 10.4. The van der Waals surface area contributed by atoms with Gasteiger partial charge in [0.25, 0.3) is 0 Å². The van der Waals surface area contributed by atoms with Gasteiger partial charge >= 0.3 is 0 Å². The molecule has 1 aliphatic heterocycles. The van der Waals surface area contributed by atoms with Crippen molar-refractivity contribution in [1.29, 1.82) is 0 Å². The first-order chi connectivity index (χ1) is 7.59. The lowest BCUT2D eigenvalue weighted by atomic mass is 9.81. The fourth-order valence-corrected chi connectivity index (χ4v) is 3.70. The predicted octanol–water partition coefficient (Wildman–Crippen LogP) is 2.99. The van der Waals surface area contributed by atoms with Crippen LogP contribution in [0.1, 0.15) is 52.9 Å². The summed E-state index contributed by atoms with van der Waals surface area (Å²) in [4.78, 5) is 0. The molecule has 2 nitrogen and oxygen atoms in total. The summed E-state index contributed by atoms with van der Waals surface area (Å²) in [6.45, 7) is 6.46. The average Bonchev–Trinajstić information content (AvgIpc) is 2.77. The van der Waals surface area contributed by atoms with E-state index in [4.69, 9.17) is 4.74 Å². The van der Waals surface area contributed by atoms with Crippen molar-refractivity contribution in [2.24, 2.45) is 17.8 Å². The smallest absolute Gasteiger partial charge is 0.0607 e. The monoisotopic (exact) mass is 226 g/mol. The maximum absolute atomic E-state index is 10.4. The van der Waals surface area contributed by atoms with E-state index in [9.17, 15) is 5.11 Å². The molecule has 0 aromatic heterocycles.